The third kappa shape index (κ3) is 3.46. The molecule has 130 valence electrons. The number of carbonyl (C=O) groups excluding carboxylic acids is 2. The minimum atomic E-state index is -0.645. The van der Waals surface area contributed by atoms with Gasteiger partial charge in [0.2, 0.25) is 5.91 Å². The van der Waals surface area contributed by atoms with Crippen LogP contribution in [0.2, 0.25) is 5.02 Å². The maximum atomic E-state index is 12.8. The first-order valence-corrected chi connectivity index (χ1v) is 8.52. The van der Waals surface area contributed by atoms with Crippen LogP contribution in [0.1, 0.15) is 13.8 Å². The maximum Gasteiger partial charge on any atom is 0.268 e. The Morgan fingerprint density at radius 1 is 1.24 bits per heavy atom. The van der Waals surface area contributed by atoms with Crippen molar-refractivity contribution in [2.24, 2.45) is 0 Å². The van der Waals surface area contributed by atoms with Crippen molar-refractivity contribution < 1.29 is 14.3 Å². The van der Waals surface area contributed by atoms with Gasteiger partial charge in [-0.05, 0) is 44.2 Å². The molecule has 0 bridgehead atoms. The predicted octanol–water partition coefficient (Wildman–Crippen LogP) is 3.51. The SMILES string of the molecule is CCN(C(=O)CN1C(=O)C(C)Oc2ccc(Cl)cc21)c1ccccc1. The van der Waals surface area contributed by atoms with Crippen molar-refractivity contribution in [3.8, 4) is 5.75 Å². The lowest BCUT2D eigenvalue weighted by atomic mass is 10.2. The molecule has 1 atom stereocenters. The summed E-state index contributed by atoms with van der Waals surface area (Å²) in [4.78, 5) is 28.5. The molecule has 0 aliphatic carbocycles. The van der Waals surface area contributed by atoms with Gasteiger partial charge in [0.15, 0.2) is 6.10 Å². The summed E-state index contributed by atoms with van der Waals surface area (Å²) < 4.78 is 5.61. The summed E-state index contributed by atoms with van der Waals surface area (Å²) in [6.45, 7) is 4.02. The standard InChI is InChI=1S/C19H19ClN2O3/c1-3-21(15-7-5-4-6-8-15)18(23)12-22-16-11-14(20)9-10-17(16)25-13(2)19(22)24/h4-11,13H,3,12H2,1-2H3. The Morgan fingerprint density at radius 2 is 1.96 bits per heavy atom. The topological polar surface area (TPSA) is 49.9 Å². The number of halogens is 1. The van der Waals surface area contributed by atoms with E-state index in [0.717, 1.165) is 5.69 Å². The highest BCUT2D eigenvalue weighted by atomic mass is 35.5. The lowest BCUT2D eigenvalue weighted by Gasteiger charge is -2.34. The lowest BCUT2D eigenvalue weighted by molar-refractivity contribution is -0.127. The summed E-state index contributed by atoms with van der Waals surface area (Å²) in [5, 5.41) is 0.484. The van der Waals surface area contributed by atoms with Gasteiger partial charge in [-0.15, -0.1) is 0 Å². The van der Waals surface area contributed by atoms with Crippen molar-refractivity contribution in [1.29, 1.82) is 0 Å². The quantitative estimate of drug-likeness (QED) is 0.840. The Morgan fingerprint density at radius 3 is 2.64 bits per heavy atom. The number of benzene rings is 2. The molecule has 1 aliphatic rings. The van der Waals surface area contributed by atoms with Gasteiger partial charge in [-0.3, -0.25) is 14.5 Å². The Hall–Kier alpha value is -2.53. The van der Waals surface area contributed by atoms with Crippen LogP contribution in [-0.4, -0.2) is 31.0 Å². The van der Waals surface area contributed by atoms with Crippen LogP contribution in [-0.2, 0) is 9.59 Å². The van der Waals surface area contributed by atoms with Crippen LogP contribution < -0.4 is 14.5 Å². The molecule has 2 aromatic rings. The third-order valence-corrected chi connectivity index (χ3v) is 4.34. The van der Waals surface area contributed by atoms with Gasteiger partial charge in [0.05, 0.1) is 5.69 Å². The zero-order valence-electron chi connectivity index (χ0n) is 14.1. The fraction of sp³-hybridized carbons (Fsp3) is 0.263. The number of ether oxygens (including phenoxy) is 1. The molecule has 3 rings (SSSR count). The summed E-state index contributed by atoms with van der Waals surface area (Å²) >= 11 is 6.06. The van der Waals surface area contributed by atoms with Crippen LogP contribution in [0.5, 0.6) is 5.75 Å². The second-order valence-electron chi connectivity index (χ2n) is 5.77. The molecule has 6 heteroatoms. The molecule has 2 amide bonds. The van der Waals surface area contributed by atoms with Crippen molar-refractivity contribution in [1.82, 2.24) is 0 Å². The van der Waals surface area contributed by atoms with E-state index in [1.807, 2.05) is 37.3 Å². The highest BCUT2D eigenvalue weighted by molar-refractivity contribution is 6.31. The third-order valence-electron chi connectivity index (χ3n) is 4.11. The van der Waals surface area contributed by atoms with Gasteiger partial charge < -0.3 is 9.64 Å². The highest BCUT2D eigenvalue weighted by Crippen LogP contribution is 2.36. The zero-order chi connectivity index (χ0) is 18.0. The van der Waals surface area contributed by atoms with Crippen molar-refractivity contribution in [2.75, 3.05) is 22.9 Å². The largest absolute Gasteiger partial charge is 0.479 e. The van der Waals surface area contributed by atoms with E-state index >= 15 is 0 Å². The molecular weight excluding hydrogens is 340 g/mol. The minimum Gasteiger partial charge on any atom is -0.479 e. The Bertz CT molecular complexity index is 795. The van der Waals surface area contributed by atoms with Crippen LogP contribution in [0.4, 0.5) is 11.4 Å². The maximum absolute atomic E-state index is 12.8. The zero-order valence-corrected chi connectivity index (χ0v) is 14.9. The normalized spacial score (nSPS) is 16.2. The fourth-order valence-electron chi connectivity index (χ4n) is 2.87. The van der Waals surface area contributed by atoms with Crippen molar-refractivity contribution in [2.45, 2.75) is 20.0 Å². The second kappa shape index (κ2) is 7.15. The number of fused-ring (bicyclic) bond motifs is 1. The number of hydrogen-bond acceptors (Lipinski definition) is 3. The lowest BCUT2D eigenvalue weighted by Crippen LogP contribution is -2.49. The molecule has 1 unspecified atom stereocenters. The molecule has 1 heterocycles. The summed E-state index contributed by atoms with van der Waals surface area (Å²) in [5.41, 5.74) is 1.32. The highest BCUT2D eigenvalue weighted by Gasteiger charge is 2.33. The van der Waals surface area contributed by atoms with Gasteiger partial charge in [0, 0.05) is 17.3 Å². The molecular formula is C19H19ClN2O3. The molecule has 1 aliphatic heterocycles. The van der Waals surface area contributed by atoms with Gasteiger partial charge in [-0.2, -0.15) is 0 Å². The Labute approximate surface area is 151 Å². The number of nitrogens with zero attached hydrogens (tertiary/aromatic N) is 2. The minimum absolute atomic E-state index is 0.0669. The van der Waals surface area contributed by atoms with E-state index in [9.17, 15) is 9.59 Å². The smallest absolute Gasteiger partial charge is 0.268 e. The average molecular weight is 359 g/mol. The molecule has 0 radical (unpaired) electrons. The monoisotopic (exact) mass is 358 g/mol. The number of hydrogen-bond donors (Lipinski definition) is 0. The molecule has 2 aromatic carbocycles. The number of carbonyl (C=O) groups is 2. The molecule has 0 saturated carbocycles. The van der Waals surface area contributed by atoms with Crippen molar-refractivity contribution in [3.05, 3.63) is 53.6 Å². The van der Waals surface area contributed by atoms with E-state index in [1.54, 1.807) is 30.0 Å². The summed E-state index contributed by atoms with van der Waals surface area (Å²) in [6, 6.07) is 14.5. The first kappa shape index (κ1) is 17.3. The molecule has 5 nitrogen and oxygen atoms in total. The predicted molar refractivity (Wildman–Crippen MR) is 98.4 cm³/mol. The molecule has 0 fully saturated rings. The fourth-order valence-corrected chi connectivity index (χ4v) is 3.04. The van der Waals surface area contributed by atoms with Crippen LogP contribution in [0.15, 0.2) is 48.5 Å². The number of anilines is 2. The van der Waals surface area contributed by atoms with E-state index in [0.29, 0.717) is 23.0 Å². The van der Waals surface area contributed by atoms with Gasteiger partial charge in [0.25, 0.3) is 5.91 Å². The number of likely N-dealkylation sites (N-methyl/N-ethyl adjacent to an activating group) is 1. The van der Waals surface area contributed by atoms with Gasteiger partial charge in [-0.1, -0.05) is 29.8 Å². The molecule has 0 saturated heterocycles. The van der Waals surface area contributed by atoms with Crippen molar-refractivity contribution >= 4 is 34.8 Å². The Kier molecular flexibility index (Phi) is 4.95. The van der Waals surface area contributed by atoms with Gasteiger partial charge in [0.1, 0.15) is 12.3 Å². The van der Waals surface area contributed by atoms with E-state index in [-0.39, 0.29) is 18.4 Å². The number of para-hydroxylation sites is 1. The van der Waals surface area contributed by atoms with E-state index in [2.05, 4.69) is 0 Å². The summed E-state index contributed by atoms with van der Waals surface area (Å²) in [7, 11) is 0. The number of amides is 2. The van der Waals surface area contributed by atoms with E-state index in [1.165, 1.54) is 4.90 Å². The van der Waals surface area contributed by atoms with E-state index < -0.39 is 6.10 Å². The van der Waals surface area contributed by atoms with E-state index in [4.69, 9.17) is 16.3 Å². The van der Waals surface area contributed by atoms with Crippen LogP contribution in [0, 0.1) is 0 Å². The summed E-state index contributed by atoms with van der Waals surface area (Å²) in [5.74, 6) is 0.126. The summed E-state index contributed by atoms with van der Waals surface area (Å²) in [6.07, 6.45) is -0.645. The average Bonchev–Trinajstić information content (AvgIpc) is 2.61. The number of rotatable bonds is 4. The second-order valence-corrected chi connectivity index (χ2v) is 6.21. The first-order valence-electron chi connectivity index (χ1n) is 8.14. The van der Waals surface area contributed by atoms with Crippen molar-refractivity contribution in [3.63, 3.8) is 0 Å². The Balaban J connectivity index is 1.89. The van der Waals surface area contributed by atoms with Crippen LogP contribution >= 0.6 is 11.6 Å². The first-order chi connectivity index (χ1) is 12.0. The molecule has 25 heavy (non-hydrogen) atoms. The molecule has 0 N–H and O–H groups in total. The van der Waals surface area contributed by atoms with Gasteiger partial charge >= 0.3 is 0 Å². The van der Waals surface area contributed by atoms with Crippen LogP contribution in [0.25, 0.3) is 0 Å². The molecule has 0 spiro atoms. The van der Waals surface area contributed by atoms with Crippen LogP contribution in [0.3, 0.4) is 0 Å². The van der Waals surface area contributed by atoms with Gasteiger partial charge in [-0.25, -0.2) is 0 Å². The molecule has 0 aromatic heterocycles.